The molecule has 0 saturated heterocycles. The molecule has 3 heteroatoms. The number of unbranched alkanes of at least 4 members (excludes halogenated alkanes) is 1. The Hall–Kier alpha value is -0.550. The molecule has 80 valence electrons. The molecule has 1 N–H and O–H groups in total. The van der Waals surface area contributed by atoms with Crippen molar-refractivity contribution in [3.05, 3.63) is 34.0 Å². The minimum absolute atomic E-state index is 0.289. The number of aliphatic hydroxyl groups excluding tert-OH is 1. The molecule has 2 aromatic rings. The highest BCUT2D eigenvalue weighted by molar-refractivity contribution is 14.1. The molecule has 0 aliphatic heterocycles. The van der Waals surface area contributed by atoms with Crippen molar-refractivity contribution in [1.29, 1.82) is 0 Å². The fourth-order valence-corrected chi connectivity index (χ4v) is 2.28. The summed E-state index contributed by atoms with van der Waals surface area (Å²) >= 11 is 2.33. The lowest BCUT2D eigenvalue weighted by Gasteiger charge is -2.04. The van der Waals surface area contributed by atoms with Crippen molar-refractivity contribution in [2.75, 3.05) is 6.61 Å². The molecule has 2 rings (SSSR count). The predicted molar refractivity (Wildman–Crippen MR) is 71.0 cm³/mol. The van der Waals surface area contributed by atoms with Crippen molar-refractivity contribution in [3.63, 3.8) is 0 Å². The molecule has 0 aliphatic carbocycles. The molecule has 1 aromatic carbocycles. The van der Waals surface area contributed by atoms with Gasteiger partial charge in [0.15, 0.2) is 0 Å². The third-order valence-electron chi connectivity index (χ3n) is 2.54. The van der Waals surface area contributed by atoms with E-state index in [1.54, 1.807) is 0 Å². The Kier molecular flexibility index (Phi) is 3.64. The topological polar surface area (TPSA) is 25.2 Å². The van der Waals surface area contributed by atoms with E-state index < -0.39 is 0 Å². The first kappa shape index (κ1) is 11.0. The van der Waals surface area contributed by atoms with E-state index in [9.17, 15) is 0 Å². The molecular formula is C12H14INO. The van der Waals surface area contributed by atoms with Crippen LogP contribution in [0.15, 0.2) is 30.5 Å². The summed E-state index contributed by atoms with van der Waals surface area (Å²) in [6, 6.07) is 8.64. The van der Waals surface area contributed by atoms with Crippen molar-refractivity contribution in [2.45, 2.75) is 19.4 Å². The van der Waals surface area contributed by atoms with Crippen LogP contribution in [0.25, 0.3) is 10.9 Å². The maximum absolute atomic E-state index is 8.73. The van der Waals surface area contributed by atoms with Gasteiger partial charge in [-0.05, 0) is 59.7 Å². The van der Waals surface area contributed by atoms with Crippen LogP contribution in [-0.2, 0) is 6.54 Å². The number of rotatable bonds is 4. The Labute approximate surface area is 103 Å². The van der Waals surface area contributed by atoms with E-state index in [-0.39, 0.29) is 6.61 Å². The summed E-state index contributed by atoms with van der Waals surface area (Å²) in [7, 11) is 0. The van der Waals surface area contributed by atoms with E-state index in [1.807, 2.05) is 0 Å². The summed E-state index contributed by atoms with van der Waals surface area (Å²) in [6.45, 7) is 1.28. The highest BCUT2D eigenvalue weighted by atomic mass is 127. The normalized spacial score (nSPS) is 11.1. The first-order chi connectivity index (χ1) is 7.31. The minimum atomic E-state index is 0.289. The van der Waals surface area contributed by atoms with Gasteiger partial charge in [-0.15, -0.1) is 0 Å². The SMILES string of the molecule is OCCCCn1ccc2cc(I)ccc21. The van der Waals surface area contributed by atoms with Crippen LogP contribution < -0.4 is 0 Å². The van der Waals surface area contributed by atoms with Gasteiger partial charge >= 0.3 is 0 Å². The second kappa shape index (κ2) is 4.99. The van der Waals surface area contributed by atoms with E-state index in [0.717, 1.165) is 19.4 Å². The average Bonchev–Trinajstić information content (AvgIpc) is 2.61. The van der Waals surface area contributed by atoms with Crippen LogP contribution in [0.4, 0.5) is 0 Å². The lowest BCUT2D eigenvalue weighted by Crippen LogP contribution is -1.97. The molecule has 2 nitrogen and oxygen atoms in total. The van der Waals surface area contributed by atoms with Crippen molar-refractivity contribution in [1.82, 2.24) is 4.57 Å². The smallest absolute Gasteiger partial charge is 0.0480 e. The summed E-state index contributed by atoms with van der Waals surface area (Å²) in [4.78, 5) is 0. The van der Waals surface area contributed by atoms with E-state index in [1.165, 1.54) is 14.5 Å². The van der Waals surface area contributed by atoms with Gasteiger partial charge in [0.25, 0.3) is 0 Å². The van der Waals surface area contributed by atoms with Crippen LogP contribution in [0.5, 0.6) is 0 Å². The number of hydrogen-bond donors (Lipinski definition) is 1. The van der Waals surface area contributed by atoms with Gasteiger partial charge in [0.2, 0.25) is 0 Å². The molecule has 0 radical (unpaired) electrons. The van der Waals surface area contributed by atoms with E-state index >= 15 is 0 Å². The first-order valence-electron chi connectivity index (χ1n) is 5.16. The van der Waals surface area contributed by atoms with Crippen LogP contribution in [0, 0.1) is 3.57 Å². The fraction of sp³-hybridized carbons (Fsp3) is 0.333. The number of benzene rings is 1. The Morgan fingerprint density at radius 3 is 2.87 bits per heavy atom. The van der Waals surface area contributed by atoms with E-state index in [0.29, 0.717) is 0 Å². The Morgan fingerprint density at radius 1 is 1.20 bits per heavy atom. The van der Waals surface area contributed by atoms with Gasteiger partial charge in [0.1, 0.15) is 0 Å². The van der Waals surface area contributed by atoms with Crippen molar-refractivity contribution < 1.29 is 5.11 Å². The highest BCUT2D eigenvalue weighted by Gasteiger charge is 2.00. The van der Waals surface area contributed by atoms with Gasteiger partial charge in [0.05, 0.1) is 0 Å². The van der Waals surface area contributed by atoms with Crippen LogP contribution >= 0.6 is 22.6 Å². The second-order valence-corrected chi connectivity index (χ2v) is 4.89. The molecule has 0 fully saturated rings. The van der Waals surface area contributed by atoms with Gasteiger partial charge < -0.3 is 9.67 Å². The number of aryl methyl sites for hydroxylation is 1. The Morgan fingerprint density at radius 2 is 2.07 bits per heavy atom. The quantitative estimate of drug-likeness (QED) is 0.681. The fourth-order valence-electron chi connectivity index (χ4n) is 1.76. The van der Waals surface area contributed by atoms with Crippen molar-refractivity contribution in [2.24, 2.45) is 0 Å². The zero-order valence-electron chi connectivity index (χ0n) is 8.49. The zero-order valence-corrected chi connectivity index (χ0v) is 10.6. The third kappa shape index (κ3) is 2.52. The molecule has 0 spiro atoms. The monoisotopic (exact) mass is 315 g/mol. The zero-order chi connectivity index (χ0) is 10.7. The molecule has 0 amide bonds. The lowest BCUT2D eigenvalue weighted by atomic mass is 10.2. The van der Waals surface area contributed by atoms with E-state index in [4.69, 9.17) is 5.11 Å². The average molecular weight is 315 g/mol. The van der Waals surface area contributed by atoms with Crippen LogP contribution in [0.2, 0.25) is 0 Å². The number of hydrogen-bond acceptors (Lipinski definition) is 1. The molecule has 1 aromatic heterocycles. The molecule has 0 aliphatic rings. The number of halogens is 1. The molecule has 0 unspecified atom stereocenters. The molecular weight excluding hydrogens is 301 g/mol. The van der Waals surface area contributed by atoms with Gasteiger partial charge in [-0.3, -0.25) is 0 Å². The number of aromatic nitrogens is 1. The van der Waals surface area contributed by atoms with Crippen LogP contribution in [0.1, 0.15) is 12.8 Å². The summed E-state index contributed by atoms with van der Waals surface area (Å²) in [5, 5.41) is 10.0. The molecule has 0 bridgehead atoms. The van der Waals surface area contributed by atoms with Gasteiger partial charge in [-0.1, -0.05) is 0 Å². The van der Waals surface area contributed by atoms with Gasteiger partial charge in [-0.2, -0.15) is 0 Å². The Bertz CT molecular complexity index is 450. The molecule has 1 heterocycles. The second-order valence-electron chi connectivity index (χ2n) is 3.64. The minimum Gasteiger partial charge on any atom is -0.396 e. The maximum atomic E-state index is 8.73. The molecule has 0 atom stereocenters. The van der Waals surface area contributed by atoms with E-state index in [2.05, 4.69) is 57.6 Å². The Balaban J connectivity index is 2.21. The first-order valence-corrected chi connectivity index (χ1v) is 6.24. The van der Waals surface area contributed by atoms with Crippen molar-refractivity contribution in [3.8, 4) is 0 Å². The third-order valence-corrected chi connectivity index (χ3v) is 3.21. The van der Waals surface area contributed by atoms with Crippen LogP contribution in [-0.4, -0.2) is 16.3 Å². The number of nitrogens with zero attached hydrogens (tertiary/aromatic N) is 1. The predicted octanol–water partition coefficient (Wildman–Crippen LogP) is 3.02. The lowest BCUT2D eigenvalue weighted by molar-refractivity contribution is 0.281. The summed E-state index contributed by atoms with van der Waals surface area (Å²) in [5.41, 5.74) is 1.29. The molecule has 15 heavy (non-hydrogen) atoms. The number of fused-ring (bicyclic) bond motifs is 1. The van der Waals surface area contributed by atoms with Crippen LogP contribution in [0.3, 0.4) is 0 Å². The molecule has 0 saturated carbocycles. The number of aliphatic hydroxyl groups is 1. The summed E-state index contributed by atoms with van der Waals surface area (Å²) in [5.74, 6) is 0. The van der Waals surface area contributed by atoms with Gasteiger partial charge in [-0.25, -0.2) is 0 Å². The highest BCUT2D eigenvalue weighted by Crippen LogP contribution is 2.19. The van der Waals surface area contributed by atoms with Crippen molar-refractivity contribution >= 4 is 33.5 Å². The standard InChI is InChI=1S/C12H14INO/c13-11-3-4-12-10(9-11)5-7-14(12)6-1-2-8-15/h3-5,7,9,15H,1-2,6,8H2. The largest absolute Gasteiger partial charge is 0.396 e. The summed E-state index contributed by atoms with van der Waals surface area (Å²) in [6.07, 6.45) is 4.04. The maximum Gasteiger partial charge on any atom is 0.0480 e. The summed E-state index contributed by atoms with van der Waals surface area (Å²) < 4.78 is 3.52. The van der Waals surface area contributed by atoms with Gasteiger partial charge in [0, 0.05) is 33.8 Å².